The van der Waals surface area contributed by atoms with Crippen LogP contribution in [0.1, 0.15) is 113 Å². The molecule has 4 unspecified atom stereocenters. The fourth-order valence-corrected chi connectivity index (χ4v) is 7.14. The van der Waals surface area contributed by atoms with Gasteiger partial charge in [-0.1, -0.05) is 0 Å². The summed E-state index contributed by atoms with van der Waals surface area (Å²) in [5.41, 5.74) is -0.321. The summed E-state index contributed by atoms with van der Waals surface area (Å²) in [5, 5.41) is 10.5. The van der Waals surface area contributed by atoms with E-state index >= 15 is 0 Å². The Bertz CT molecular complexity index is 784. The van der Waals surface area contributed by atoms with Crippen molar-refractivity contribution in [1.29, 1.82) is 0 Å². The molecule has 0 amide bonds. The summed E-state index contributed by atoms with van der Waals surface area (Å²) in [6.45, 7) is 16.7. The van der Waals surface area contributed by atoms with Crippen molar-refractivity contribution in [1.82, 2.24) is 16.0 Å². The van der Waals surface area contributed by atoms with E-state index < -0.39 is 5.92 Å². The zero-order chi connectivity index (χ0) is 29.0. The molecule has 9 heteroatoms. The average molecular weight is 552 g/mol. The quantitative estimate of drug-likeness (QED) is 0.291. The molecular weight excluding hydrogens is 498 g/mol. The Balaban J connectivity index is 1.61. The molecular formula is C30H53N3O6. The first-order chi connectivity index (χ1) is 18.1. The Hall–Kier alpha value is -1.71. The molecule has 0 aliphatic carbocycles. The number of carbonyl (C=O) groups is 3. The Morgan fingerprint density at radius 3 is 1.26 bits per heavy atom. The predicted molar refractivity (Wildman–Crippen MR) is 150 cm³/mol. The smallest absolute Gasteiger partial charge is 0.306 e. The number of piperidine rings is 3. The molecule has 3 fully saturated rings. The molecule has 3 N–H and O–H groups in total. The van der Waals surface area contributed by atoms with Gasteiger partial charge in [-0.15, -0.1) is 0 Å². The third-order valence-electron chi connectivity index (χ3n) is 8.02. The van der Waals surface area contributed by atoms with Crippen LogP contribution in [0.4, 0.5) is 0 Å². The molecule has 39 heavy (non-hydrogen) atoms. The van der Waals surface area contributed by atoms with E-state index in [0.29, 0.717) is 12.8 Å². The first-order valence-corrected chi connectivity index (χ1v) is 15.0. The van der Waals surface area contributed by atoms with Gasteiger partial charge in [0.1, 0.15) is 18.3 Å². The molecule has 0 aromatic carbocycles. The fourth-order valence-electron chi connectivity index (χ4n) is 7.14. The molecule has 4 atom stereocenters. The number of rotatable bonds is 9. The number of hydrogen-bond donors (Lipinski definition) is 3. The molecule has 0 spiro atoms. The molecule has 3 heterocycles. The van der Waals surface area contributed by atoms with Crippen molar-refractivity contribution in [2.45, 2.75) is 167 Å². The maximum absolute atomic E-state index is 13.1. The van der Waals surface area contributed by atoms with Crippen molar-refractivity contribution < 1.29 is 28.6 Å². The van der Waals surface area contributed by atoms with Crippen LogP contribution in [0, 0.1) is 5.92 Å². The second kappa shape index (κ2) is 13.3. The van der Waals surface area contributed by atoms with Crippen LogP contribution < -0.4 is 16.0 Å². The number of carbonyl (C=O) groups excluding carboxylic acids is 3. The molecule has 3 aliphatic rings. The molecule has 0 aromatic heterocycles. The standard InChI is InChI=1S/C30H53N3O6/c1-18-9-23(10-19(2)31-18)37-26(34)13-22(14-27(35)38-24-11-20(3)32-21(4)12-24)15-28(36)39-25-16-29(5,6)33-30(7,8)17-25/h18-25,31-33H,9-17H2,1-8H3. The fraction of sp³-hybridized carbons (Fsp3) is 0.900. The Morgan fingerprint density at radius 1 is 0.615 bits per heavy atom. The van der Waals surface area contributed by atoms with Crippen LogP contribution in [0.15, 0.2) is 0 Å². The van der Waals surface area contributed by atoms with Gasteiger partial charge in [0.2, 0.25) is 0 Å². The minimum Gasteiger partial charge on any atom is -0.462 e. The second-order valence-corrected chi connectivity index (χ2v) is 14.0. The summed E-state index contributed by atoms with van der Waals surface area (Å²) in [6.07, 6.45) is 3.79. The summed E-state index contributed by atoms with van der Waals surface area (Å²) in [7, 11) is 0. The highest BCUT2D eigenvalue weighted by Crippen LogP contribution is 2.31. The Kier molecular flexibility index (Phi) is 10.9. The number of hydrogen-bond acceptors (Lipinski definition) is 9. The molecule has 224 valence electrons. The molecule has 0 aromatic rings. The van der Waals surface area contributed by atoms with Gasteiger partial charge in [-0.25, -0.2) is 0 Å². The van der Waals surface area contributed by atoms with E-state index in [1.165, 1.54) is 0 Å². The highest BCUT2D eigenvalue weighted by molar-refractivity contribution is 5.76. The number of esters is 3. The monoisotopic (exact) mass is 551 g/mol. The van der Waals surface area contributed by atoms with Crippen molar-refractivity contribution in [3.63, 3.8) is 0 Å². The lowest BCUT2D eigenvalue weighted by atomic mass is 9.81. The van der Waals surface area contributed by atoms with Gasteiger partial charge < -0.3 is 30.2 Å². The van der Waals surface area contributed by atoms with Crippen LogP contribution in [-0.4, -0.2) is 71.5 Å². The van der Waals surface area contributed by atoms with Crippen LogP contribution in [0.25, 0.3) is 0 Å². The van der Waals surface area contributed by atoms with Crippen LogP contribution in [0.5, 0.6) is 0 Å². The molecule has 0 bridgehead atoms. The van der Waals surface area contributed by atoms with E-state index in [9.17, 15) is 14.4 Å². The third-order valence-corrected chi connectivity index (χ3v) is 8.02. The van der Waals surface area contributed by atoms with Gasteiger partial charge in [0, 0.05) is 67.3 Å². The summed E-state index contributed by atoms with van der Waals surface area (Å²) < 4.78 is 17.5. The molecule has 9 nitrogen and oxygen atoms in total. The van der Waals surface area contributed by atoms with Gasteiger partial charge in [-0.3, -0.25) is 14.4 Å². The zero-order valence-electron chi connectivity index (χ0n) is 25.4. The van der Waals surface area contributed by atoms with Crippen LogP contribution in [0.2, 0.25) is 0 Å². The maximum atomic E-state index is 13.1. The molecule has 3 rings (SSSR count). The van der Waals surface area contributed by atoms with Gasteiger partial charge in [0.25, 0.3) is 0 Å². The van der Waals surface area contributed by atoms with E-state index in [-0.39, 0.29) is 90.7 Å². The summed E-state index contributed by atoms with van der Waals surface area (Å²) >= 11 is 0. The van der Waals surface area contributed by atoms with Crippen LogP contribution in [-0.2, 0) is 28.6 Å². The van der Waals surface area contributed by atoms with Crippen LogP contribution >= 0.6 is 0 Å². The maximum Gasteiger partial charge on any atom is 0.306 e. The first-order valence-electron chi connectivity index (χ1n) is 15.0. The van der Waals surface area contributed by atoms with E-state index in [1.807, 2.05) is 0 Å². The van der Waals surface area contributed by atoms with Crippen molar-refractivity contribution in [2.75, 3.05) is 0 Å². The topological polar surface area (TPSA) is 115 Å². The Morgan fingerprint density at radius 2 is 0.923 bits per heavy atom. The normalized spacial score (nSPS) is 33.5. The van der Waals surface area contributed by atoms with Gasteiger partial charge in [0.15, 0.2) is 0 Å². The van der Waals surface area contributed by atoms with Crippen molar-refractivity contribution in [3.8, 4) is 0 Å². The first kappa shape index (κ1) is 31.8. The van der Waals surface area contributed by atoms with E-state index in [1.54, 1.807) is 0 Å². The van der Waals surface area contributed by atoms with Crippen molar-refractivity contribution in [3.05, 3.63) is 0 Å². The number of ether oxygens (including phenoxy) is 3. The summed E-state index contributed by atoms with van der Waals surface area (Å²) in [6, 6.07) is 1.06. The van der Waals surface area contributed by atoms with E-state index in [0.717, 1.165) is 25.7 Å². The third kappa shape index (κ3) is 11.0. The van der Waals surface area contributed by atoms with Gasteiger partial charge >= 0.3 is 17.9 Å². The molecule has 0 saturated carbocycles. The predicted octanol–water partition coefficient (Wildman–Crippen LogP) is 3.77. The molecule has 3 saturated heterocycles. The van der Waals surface area contributed by atoms with Gasteiger partial charge in [-0.2, -0.15) is 0 Å². The largest absolute Gasteiger partial charge is 0.462 e. The van der Waals surface area contributed by atoms with Gasteiger partial charge in [-0.05, 0) is 87.0 Å². The Labute approximate surface area is 235 Å². The van der Waals surface area contributed by atoms with Crippen molar-refractivity contribution >= 4 is 17.9 Å². The highest BCUT2D eigenvalue weighted by Gasteiger charge is 2.40. The minimum atomic E-state index is -0.534. The lowest BCUT2D eigenvalue weighted by Gasteiger charge is -2.46. The second-order valence-electron chi connectivity index (χ2n) is 14.0. The van der Waals surface area contributed by atoms with E-state index in [2.05, 4.69) is 71.3 Å². The lowest BCUT2D eigenvalue weighted by molar-refractivity contribution is -0.158. The summed E-state index contributed by atoms with van der Waals surface area (Å²) in [4.78, 5) is 39.0. The van der Waals surface area contributed by atoms with Gasteiger partial charge in [0.05, 0.1) is 0 Å². The number of nitrogens with one attached hydrogen (secondary N) is 3. The van der Waals surface area contributed by atoms with Crippen LogP contribution in [0.3, 0.4) is 0 Å². The molecule has 0 radical (unpaired) electrons. The highest BCUT2D eigenvalue weighted by atomic mass is 16.6. The minimum absolute atomic E-state index is 0.0148. The average Bonchev–Trinajstić information content (AvgIpc) is 2.69. The SMILES string of the molecule is CC1CC(OC(=O)CC(CC(=O)OC2CC(C)NC(C)C2)CC(=O)OC2CC(C)(C)NC(C)(C)C2)CC(C)N1. The van der Waals surface area contributed by atoms with E-state index in [4.69, 9.17) is 14.2 Å². The lowest BCUT2D eigenvalue weighted by Crippen LogP contribution is -2.59. The van der Waals surface area contributed by atoms with Crippen molar-refractivity contribution in [2.24, 2.45) is 5.92 Å². The molecule has 3 aliphatic heterocycles. The summed E-state index contributed by atoms with van der Waals surface area (Å²) in [5.74, 6) is -1.67. The zero-order valence-corrected chi connectivity index (χ0v) is 25.4.